The number of allylic oxidation sites excluding steroid dienone is 1. The molecule has 0 aromatic heterocycles. The van der Waals surface area contributed by atoms with Crippen LogP contribution in [-0.4, -0.2) is 58.5 Å². The predicted molar refractivity (Wildman–Crippen MR) is 140 cm³/mol. The first-order valence-electron chi connectivity index (χ1n) is 11.8. The van der Waals surface area contributed by atoms with Gasteiger partial charge in [0.25, 0.3) is 5.91 Å². The number of hydrazine groups is 1. The van der Waals surface area contributed by atoms with Crippen molar-refractivity contribution >= 4 is 29.6 Å². The lowest BCUT2D eigenvalue weighted by Gasteiger charge is -2.36. The summed E-state index contributed by atoms with van der Waals surface area (Å²) < 4.78 is 19.7. The summed E-state index contributed by atoms with van der Waals surface area (Å²) in [5.41, 5.74) is 10.6. The minimum atomic E-state index is -1.08. The zero-order valence-electron chi connectivity index (χ0n) is 21.9. The summed E-state index contributed by atoms with van der Waals surface area (Å²) in [5, 5.41) is 10.2. The lowest BCUT2D eigenvalue weighted by Crippen LogP contribution is -2.44. The number of carbonyl (C=O) groups excluding carboxylic acids is 4. The number of benzene rings is 2. The standard InChI is InChI=1S/C27H27N5O8/c1-37-13-14-40-27(36)31-30-24(33)17-11-7-8-12-19(17)32-22(26(35)39-3)21(25(34)38-2)20(18(15-28)23(32)29)16-9-5-4-6-10-16/h4-12,20H,13-14,29H2,1-3H3,(H,30,33)(H,31,36). The second kappa shape index (κ2) is 13.4. The second-order valence-electron chi connectivity index (χ2n) is 8.06. The van der Waals surface area contributed by atoms with Crippen LogP contribution in [0.4, 0.5) is 10.5 Å². The number of carbonyl (C=O) groups is 4. The zero-order chi connectivity index (χ0) is 29.2. The highest BCUT2D eigenvalue weighted by atomic mass is 16.6. The van der Waals surface area contributed by atoms with Gasteiger partial charge in [-0.15, -0.1) is 0 Å². The Morgan fingerprint density at radius 2 is 1.57 bits per heavy atom. The Kier molecular flexibility index (Phi) is 9.82. The number of esters is 2. The van der Waals surface area contributed by atoms with Gasteiger partial charge in [-0.05, 0) is 17.7 Å². The molecule has 13 heteroatoms. The fourth-order valence-electron chi connectivity index (χ4n) is 4.05. The van der Waals surface area contributed by atoms with E-state index in [2.05, 4.69) is 10.9 Å². The van der Waals surface area contributed by atoms with E-state index < -0.39 is 29.9 Å². The zero-order valence-corrected chi connectivity index (χ0v) is 21.9. The van der Waals surface area contributed by atoms with E-state index in [9.17, 15) is 24.4 Å². The molecule has 2 aromatic rings. The van der Waals surface area contributed by atoms with Crippen LogP contribution in [0.1, 0.15) is 21.8 Å². The van der Waals surface area contributed by atoms with E-state index >= 15 is 0 Å². The van der Waals surface area contributed by atoms with E-state index in [4.69, 9.17) is 24.7 Å². The van der Waals surface area contributed by atoms with Crippen LogP contribution in [0.15, 0.2) is 77.3 Å². The summed E-state index contributed by atoms with van der Waals surface area (Å²) in [4.78, 5) is 52.5. The minimum absolute atomic E-state index is 0.00751. The van der Waals surface area contributed by atoms with Crippen molar-refractivity contribution in [3.05, 3.63) is 88.4 Å². The predicted octanol–water partition coefficient (Wildman–Crippen LogP) is 1.60. The number of nitrogens with two attached hydrogens (primary N) is 1. The van der Waals surface area contributed by atoms with Crippen LogP contribution in [-0.2, 0) is 28.5 Å². The van der Waals surface area contributed by atoms with E-state index in [-0.39, 0.29) is 47.1 Å². The number of hydrogen-bond donors (Lipinski definition) is 3. The van der Waals surface area contributed by atoms with Gasteiger partial charge >= 0.3 is 18.0 Å². The summed E-state index contributed by atoms with van der Waals surface area (Å²) in [6.07, 6.45) is -0.944. The normalized spacial score (nSPS) is 14.7. The number of ether oxygens (including phenoxy) is 4. The third-order valence-corrected chi connectivity index (χ3v) is 5.80. The van der Waals surface area contributed by atoms with Crippen LogP contribution < -0.4 is 21.5 Å². The van der Waals surface area contributed by atoms with Gasteiger partial charge in [0.1, 0.15) is 18.1 Å². The number of para-hydroxylation sites is 1. The topological polar surface area (TPSA) is 182 Å². The van der Waals surface area contributed by atoms with E-state index in [1.54, 1.807) is 36.4 Å². The Bertz CT molecular complexity index is 1400. The number of nitrogens with one attached hydrogen (secondary N) is 2. The highest BCUT2D eigenvalue weighted by molar-refractivity contribution is 6.08. The largest absolute Gasteiger partial charge is 0.466 e. The molecule has 1 heterocycles. The van der Waals surface area contributed by atoms with Gasteiger partial charge in [0.05, 0.1) is 55.2 Å². The van der Waals surface area contributed by atoms with E-state index in [1.165, 1.54) is 25.3 Å². The first-order valence-corrected chi connectivity index (χ1v) is 11.8. The van der Waals surface area contributed by atoms with Crippen LogP contribution >= 0.6 is 0 Å². The highest BCUT2D eigenvalue weighted by Gasteiger charge is 2.43. The van der Waals surface area contributed by atoms with Gasteiger partial charge in [0.15, 0.2) is 0 Å². The molecule has 2 amide bonds. The molecule has 2 aromatic carbocycles. The Hall–Kier alpha value is -5.35. The SMILES string of the molecule is COCCOC(=O)NNC(=O)c1ccccc1N1C(N)=C(C#N)C(c2ccccc2)C(C(=O)OC)=C1C(=O)OC. The Morgan fingerprint density at radius 3 is 2.20 bits per heavy atom. The van der Waals surface area contributed by atoms with Crippen molar-refractivity contribution in [3.8, 4) is 6.07 Å². The lowest BCUT2D eigenvalue weighted by atomic mass is 9.80. The Morgan fingerprint density at radius 1 is 0.925 bits per heavy atom. The average molecular weight is 550 g/mol. The Labute approximate surface area is 229 Å². The molecule has 1 atom stereocenters. The van der Waals surface area contributed by atoms with Crippen molar-refractivity contribution < 1.29 is 38.1 Å². The van der Waals surface area contributed by atoms with Crippen molar-refractivity contribution in [2.24, 2.45) is 5.73 Å². The molecular weight excluding hydrogens is 522 g/mol. The molecule has 0 spiro atoms. The molecule has 1 aliphatic rings. The summed E-state index contributed by atoms with van der Waals surface area (Å²) in [5.74, 6) is -4.01. The van der Waals surface area contributed by atoms with Gasteiger partial charge in [-0.2, -0.15) is 5.26 Å². The molecule has 0 bridgehead atoms. The monoisotopic (exact) mass is 549 g/mol. The van der Waals surface area contributed by atoms with Gasteiger partial charge < -0.3 is 24.7 Å². The van der Waals surface area contributed by atoms with E-state index in [1.807, 2.05) is 6.07 Å². The number of methoxy groups -OCH3 is 3. The number of anilines is 1. The number of hydrogen-bond acceptors (Lipinski definition) is 11. The van der Waals surface area contributed by atoms with Crippen molar-refractivity contribution in [1.29, 1.82) is 5.26 Å². The fourth-order valence-corrected chi connectivity index (χ4v) is 4.05. The summed E-state index contributed by atoms with van der Waals surface area (Å²) >= 11 is 0. The molecule has 0 fully saturated rings. The van der Waals surface area contributed by atoms with Gasteiger partial charge in [-0.25, -0.2) is 19.8 Å². The van der Waals surface area contributed by atoms with Crippen LogP contribution in [0, 0.1) is 11.3 Å². The van der Waals surface area contributed by atoms with Gasteiger partial charge in [-0.3, -0.25) is 15.1 Å². The molecule has 1 unspecified atom stereocenters. The molecule has 13 nitrogen and oxygen atoms in total. The van der Waals surface area contributed by atoms with E-state index in [0.29, 0.717) is 5.56 Å². The number of amides is 2. The van der Waals surface area contributed by atoms with Crippen molar-refractivity contribution in [2.45, 2.75) is 5.92 Å². The molecule has 208 valence electrons. The third-order valence-electron chi connectivity index (χ3n) is 5.80. The average Bonchev–Trinajstić information content (AvgIpc) is 2.98. The maximum Gasteiger partial charge on any atom is 0.426 e. The summed E-state index contributed by atoms with van der Waals surface area (Å²) in [6, 6.07) is 16.4. The maximum atomic E-state index is 13.2. The fraction of sp³-hybridized carbons (Fsp3) is 0.222. The van der Waals surface area contributed by atoms with Crippen molar-refractivity contribution in [2.75, 3.05) is 39.4 Å². The minimum Gasteiger partial charge on any atom is -0.466 e. The number of nitrogens with zero attached hydrogens (tertiary/aromatic N) is 2. The molecule has 4 N–H and O–H groups in total. The molecule has 1 aliphatic heterocycles. The second-order valence-corrected chi connectivity index (χ2v) is 8.06. The van der Waals surface area contributed by atoms with Crippen LogP contribution in [0.25, 0.3) is 0 Å². The van der Waals surface area contributed by atoms with Gasteiger partial charge in [0.2, 0.25) is 0 Å². The maximum absolute atomic E-state index is 13.2. The highest BCUT2D eigenvalue weighted by Crippen LogP contribution is 2.43. The molecule has 0 saturated carbocycles. The van der Waals surface area contributed by atoms with Crippen LogP contribution in [0.2, 0.25) is 0 Å². The first-order chi connectivity index (χ1) is 19.3. The molecule has 40 heavy (non-hydrogen) atoms. The molecule has 3 rings (SSSR count). The third kappa shape index (κ3) is 6.03. The van der Waals surface area contributed by atoms with Crippen LogP contribution in [0.3, 0.4) is 0 Å². The lowest BCUT2D eigenvalue weighted by molar-refractivity contribution is -0.139. The summed E-state index contributed by atoms with van der Waals surface area (Å²) in [7, 11) is 3.67. The summed E-state index contributed by atoms with van der Waals surface area (Å²) in [6.45, 7) is 0.105. The van der Waals surface area contributed by atoms with Crippen molar-refractivity contribution in [3.63, 3.8) is 0 Å². The molecule has 0 aliphatic carbocycles. The van der Waals surface area contributed by atoms with E-state index in [0.717, 1.165) is 19.1 Å². The van der Waals surface area contributed by atoms with Gasteiger partial charge in [-0.1, -0.05) is 42.5 Å². The number of nitriles is 1. The van der Waals surface area contributed by atoms with Crippen LogP contribution in [0.5, 0.6) is 0 Å². The Balaban J connectivity index is 2.18. The smallest absolute Gasteiger partial charge is 0.426 e. The molecule has 0 saturated heterocycles. The first kappa shape index (κ1) is 29.2. The number of rotatable bonds is 8. The van der Waals surface area contributed by atoms with Crippen molar-refractivity contribution in [1.82, 2.24) is 10.9 Å². The molecular formula is C27H27N5O8. The van der Waals surface area contributed by atoms with Gasteiger partial charge in [0, 0.05) is 7.11 Å². The quantitative estimate of drug-likeness (QED) is 0.188. The molecule has 0 radical (unpaired) electrons.